The number of aryl methyl sites for hydroxylation is 2. The van der Waals surface area contributed by atoms with E-state index < -0.39 is 12.0 Å². The molecule has 2 heterocycles. The van der Waals surface area contributed by atoms with E-state index in [1.54, 1.807) is 19.9 Å². The number of alkyl halides is 3. The van der Waals surface area contributed by atoms with Crippen LogP contribution in [0.1, 0.15) is 11.3 Å². The average Bonchev–Trinajstić information content (AvgIpc) is 2.97. The van der Waals surface area contributed by atoms with Crippen LogP contribution in [-0.4, -0.2) is 30.7 Å². The van der Waals surface area contributed by atoms with Gasteiger partial charge in [0.05, 0.1) is 5.02 Å². The van der Waals surface area contributed by atoms with Gasteiger partial charge in [-0.15, -0.1) is 0 Å². The summed E-state index contributed by atoms with van der Waals surface area (Å²) in [6, 6.07) is 3.26. The minimum atomic E-state index is -4.54. The molecule has 1 aliphatic heterocycles. The van der Waals surface area contributed by atoms with Gasteiger partial charge in [0.2, 0.25) is 5.84 Å². The third kappa shape index (κ3) is 2.29. The lowest BCUT2D eigenvalue weighted by Gasteiger charge is -2.23. The van der Waals surface area contributed by atoms with Gasteiger partial charge in [0.1, 0.15) is 12.4 Å². The van der Waals surface area contributed by atoms with Crippen molar-refractivity contribution in [1.82, 2.24) is 5.01 Å². The molecule has 0 unspecified atom stereocenters. The second-order valence-electron chi connectivity index (χ2n) is 5.25. The summed E-state index contributed by atoms with van der Waals surface area (Å²) in [5.41, 5.74) is 1.53. The van der Waals surface area contributed by atoms with Crippen LogP contribution in [0.2, 0.25) is 5.02 Å². The monoisotopic (exact) mass is 331 g/mol. The first-order valence-corrected chi connectivity index (χ1v) is 6.90. The lowest BCUT2D eigenvalue weighted by Crippen LogP contribution is -2.39. The SMILES string of the molecule is Cc1cc2c(C)c(N3CN(C)N=C3C(F)(F)F)cc(Cl)c2o1. The smallest absolute Gasteiger partial charge is 0.451 e. The Morgan fingerprint density at radius 1 is 1.27 bits per heavy atom. The van der Waals surface area contributed by atoms with Crippen molar-refractivity contribution in [3.8, 4) is 0 Å². The van der Waals surface area contributed by atoms with Crippen molar-refractivity contribution in [3.05, 3.63) is 28.5 Å². The molecular formula is C14H13ClF3N3O. The highest BCUT2D eigenvalue weighted by Gasteiger charge is 2.44. The summed E-state index contributed by atoms with van der Waals surface area (Å²) in [6.45, 7) is 3.52. The lowest BCUT2D eigenvalue weighted by atomic mass is 10.1. The normalized spacial score (nSPS) is 15.9. The van der Waals surface area contributed by atoms with E-state index in [1.807, 2.05) is 0 Å². The number of furan rings is 1. The molecular weight excluding hydrogens is 319 g/mol. The zero-order valence-corrected chi connectivity index (χ0v) is 12.9. The van der Waals surface area contributed by atoms with Crippen molar-refractivity contribution in [2.45, 2.75) is 20.0 Å². The Balaban J connectivity index is 2.18. The van der Waals surface area contributed by atoms with Crippen LogP contribution in [0.25, 0.3) is 11.0 Å². The average molecular weight is 332 g/mol. The summed E-state index contributed by atoms with van der Waals surface area (Å²) in [5.74, 6) is -0.297. The third-order valence-electron chi connectivity index (χ3n) is 3.54. The van der Waals surface area contributed by atoms with Crippen molar-refractivity contribution in [3.63, 3.8) is 0 Å². The lowest BCUT2D eigenvalue weighted by molar-refractivity contribution is -0.0599. The number of rotatable bonds is 1. The second kappa shape index (κ2) is 4.81. The number of halogens is 4. The molecule has 0 atom stereocenters. The van der Waals surface area contributed by atoms with E-state index in [1.165, 1.54) is 18.1 Å². The topological polar surface area (TPSA) is 32.0 Å². The summed E-state index contributed by atoms with van der Waals surface area (Å²) < 4.78 is 45.0. The quantitative estimate of drug-likeness (QED) is 0.781. The number of anilines is 1. The number of hydrazone groups is 1. The van der Waals surface area contributed by atoms with Crippen molar-refractivity contribution in [2.75, 3.05) is 18.6 Å². The van der Waals surface area contributed by atoms with Crippen LogP contribution in [0.3, 0.4) is 0 Å². The minimum Gasteiger partial charge on any atom is -0.460 e. The van der Waals surface area contributed by atoms with E-state index in [0.717, 1.165) is 4.90 Å². The van der Waals surface area contributed by atoms with E-state index >= 15 is 0 Å². The molecule has 0 bridgehead atoms. The number of nitrogens with zero attached hydrogens (tertiary/aromatic N) is 3. The molecule has 0 N–H and O–H groups in total. The van der Waals surface area contributed by atoms with Gasteiger partial charge in [-0.1, -0.05) is 11.6 Å². The fourth-order valence-electron chi connectivity index (χ4n) is 2.60. The van der Waals surface area contributed by atoms with Gasteiger partial charge in [-0.05, 0) is 31.5 Å². The van der Waals surface area contributed by atoms with Gasteiger partial charge in [0.15, 0.2) is 5.58 Å². The van der Waals surface area contributed by atoms with Gasteiger partial charge in [-0.25, -0.2) is 0 Å². The van der Waals surface area contributed by atoms with Crippen molar-refractivity contribution < 1.29 is 17.6 Å². The fourth-order valence-corrected chi connectivity index (χ4v) is 2.85. The largest absolute Gasteiger partial charge is 0.460 e. The molecule has 4 nitrogen and oxygen atoms in total. The van der Waals surface area contributed by atoms with Crippen LogP contribution < -0.4 is 4.90 Å². The molecule has 3 rings (SSSR count). The van der Waals surface area contributed by atoms with Gasteiger partial charge in [0, 0.05) is 18.1 Å². The van der Waals surface area contributed by atoms with E-state index in [2.05, 4.69) is 5.10 Å². The molecule has 118 valence electrons. The van der Waals surface area contributed by atoms with Gasteiger partial charge in [-0.3, -0.25) is 5.01 Å². The van der Waals surface area contributed by atoms with Crippen LogP contribution in [-0.2, 0) is 0 Å². The Morgan fingerprint density at radius 3 is 2.59 bits per heavy atom. The van der Waals surface area contributed by atoms with Gasteiger partial charge >= 0.3 is 6.18 Å². The molecule has 0 saturated heterocycles. The molecule has 0 fully saturated rings. The maximum absolute atomic E-state index is 13.2. The fraction of sp³-hybridized carbons (Fsp3) is 0.357. The Kier molecular flexibility index (Phi) is 3.28. The molecule has 1 aromatic carbocycles. The van der Waals surface area contributed by atoms with Crippen LogP contribution in [0.5, 0.6) is 0 Å². The molecule has 22 heavy (non-hydrogen) atoms. The Labute approximate surface area is 129 Å². The van der Waals surface area contributed by atoms with Gasteiger partial charge in [0.25, 0.3) is 0 Å². The van der Waals surface area contributed by atoms with Crippen molar-refractivity contribution >= 4 is 34.1 Å². The third-order valence-corrected chi connectivity index (χ3v) is 3.82. The molecule has 2 aromatic rings. The van der Waals surface area contributed by atoms with Gasteiger partial charge in [-0.2, -0.15) is 18.3 Å². The van der Waals surface area contributed by atoms with Crippen molar-refractivity contribution in [1.29, 1.82) is 0 Å². The molecule has 0 saturated carbocycles. The predicted octanol–water partition coefficient (Wildman–Crippen LogP) is 4.29. The molecule has 0 aliphatic carbocycles. The Hall–Kier alpha value is -1.89. The number of benzene rings is 1. The van der Waals surface area contributed by atoms with Crippen molar-refractivity contribution in [2.24, 2.45) is 5.10 Å². The number of hydrogen-bond acceptors (Lipinski definition) is 4. The first-order chi connectivity index (χ1) is 10.2. The highest BCUT2D eigenvalue weighted by molar-refractivity contribution is 6.35. The van der Waals surface area contributed by atoms with E-state index in [-0.39, 0.29) is 11.7 Å². The summed E-state index contributed by atoms with van der Waals surface area (Å²) in [7, 11) is 1.49. The zero-order chi connectivity index (χ0) is 16.2. The highest BCUT2D eigenvalue weighted by atomic mass is 35.5. The summed E-state index contributed by atoms with van der Waals surface area (Å²) in [6.07, 6.45) is -4.54. The summed E-state index contributed by atoms with van der Waals surface area (Å²) in [5, 5.41) is 5.78. The Bertz CT molecular complexity index is 782. The first kappa shape index (κ1) is 15.0. The summed E-state index contributed by atoms with van der Waals surface area (Å²) in [4.78, 5) is 1.11. The summed E-state index contributed by atoms with van der Waals surface area (Å²) >= 11 is 6.17. The molecule has 0 radical (unpaired) electrons. The van der Waals surface area contributed by atoms with Crippen LogP contribution in [0.15, 0.2) is 21.7 Å². The predicted molar refractivity (Wildman–Crippen MR) is 79.3 cm³/mol. The number of hydrogen-bond donors (Lipinski definition) is 0. The van der Waals surface area contributed by atoms with E-state index in [4.69, 9.17) is 16.0 Å². The van der Waals surface area contributed by atoms with E-state index in [9.17, 15) is 13.2 Å². The number of amidine groups is 1. The Morgan fingerprint density at radius 2 is 1.95 bits per heavy atom. The maximum Gasteiger partial charge on any atom is 0.451 e. The molecule has 0 amide bonds. The highest BCUT2D eigenvalue weighted by Crippen LogP contribution is 2.38. The maximum atomic E-state index is 13.2. The van der Waals surface area contributed by atoms with Gasteiger partial charge < -0.3 is 9.32 Å². The number of fused-ring (bicyclic) bond motifs is 1. The molecule has 1 aliphatic rings. The molecule has 8 heteroatoms. The molecule has 1 aromatic heterocycles. The van der Waals surface area contributed by atoms with Crippen LogP contribution in [0, 0.1) is 13.8 Å². The second-order valence-corrected chi connectivity index (χ2v) is 5.66. The van der Waals surface area contributed by atoms with Crippen LogP contribution >= 0.6 is 11.6 Å². The van der Waals surface area contributed by atoms with E-state index in [0.29, 0.717) is 28.0 Å². The zero-order valence-electron chi connectivity index (χ0n) is 12.1. The minimum absolute atomic E-state index is 0.00829. The van der Waals surface area contributed by atoms with Crippen LogP contribution in [0.4, 0.5) is 18.9 Å². The first-order valence-electron chi connectivity index (χ1n) is 6.52. The molecule has 0 spiro atoms. The standard InChI is InChI=1S/C14H13ClF3N3O/c1-7-4-9-8(2)11(5-10(15)12(9)22-7)21-6-20(3)19-13(21)14(16,17)18/h4-5H,6H2,1-3H3.